The Kier molecular flexibility index (Phi) is 4.05. The summed E-state index contributed by atoms with van der Waals surface area (Å²) in [6, 6.07) is 0.316. The second kappa shape index (κ2) is 5.36. The first-order chi connectivity index (χ1) is 8.12. The van der Waals surface area contributed by atoms with Crippen molar-refractivity contribution in [1.29, 1.82) is 0 Å². The van der Waals surface area contributed by atoms with Gasteiger partial charge in [0, 0.05) is 6.04 Å². The number of amides is 1. The van der Waals surface area contributed by atoms with Crippen LogP contribution in [0.15, 0.2) is 0 Å². The Balaban J connectivity index is 1.66. The minimum atomic E-state index is -0.641. The maximum atomic E-state index is 10.3. The Bertz CT molecular complexity index is 255. The van der Waals surface area contributed by atoms with Gasteiger partial charge in [-0.05, 0) is 51.4 Å². The highest BCUT2D eigenvalue weighted by Crippen LogP contribution is 2.40. The Morgan fingerprint density at radius 3 is 2.47 bits per heavy atom. The van der Waals surface area contributed by atoms with Crippen LogP contribution in [0.2, 0.25) is 0 Å². The Morgan fingerprint density at radius 2 is 1.94 bits per heavy atom. The topological polar surface area (TPSA) is 58.6 Å². The molecule has 0 bridgehead atoms. The minimum absolute atomic E-state index is 0.255. The largest absolute Gasteiger partial charge is 0.387 e. The first kappa shape index (κ1) is 12.8. The van der Waals surface area contributed by atoms with E-state index in [2.05, 4.69) is 5.32 Å². The molecule has 0 spiro atoms. The lowest BCUT2D eigenvalue weighted by molar-refractivity contribution is -0.111. The van der Waals surface area contributed by atoms with E-state index >= 15 is 0 Å². The van der Waals surface area contributed by atoms with Crippen LogP contribution < -0.4 is 5.32 Å². The molecule has 2 saturated carbocycles. The number of carbonyl (C=O) groups is 1. The summed E-state index contributed by atoms with van der Waals surface area (Å²) in [7, 11) is 0. The molecule has 1 amide bonds. The van der Waals surface area contributed by atoms with Gasteiger partial charge >= 0.3 is 0 Å². The zero-order valence-corrected chi connectivity index (χ0v) is 10.5. The maximum absolute atomic E-state index is 10.3. The molecule has 2 fully saturated rings. The number of rotatable bonds is 6. The first-order valence-electron chi connectivity index (χ1n) is 6.65. The van der Waals surface area contributed by atoms with Crippen molar-refractivity contribution in [3.05, 3.63) is 0 Å². The van der Waals surface area contributed by atoms with Crippen LogP contribution in [-0.2, 0) is 9.53 Å². The molecule has 2 N–H and O–H groups in total. The van der Waals surface area contributed by atoms with Crippen molar-refractivity contribution in [2.75, 3.05) is 6.61 Å². The highest BCUT2D eigenvalue weighted by molar-refractivity contribution is 5.46. The molecule has 0 aromatic heterocycles. The fourth-order valence-electron chi connectivity index (χ4n) is 2.60. The lowest BCUT2D eigenvalue weighted by Gasteiger charge is -2.31. The third-order valence-electron chi connectivity index (χ3n) is 4.05. The summed E-state index contributed by atoms with van der Waals surface area (Å²) >= 11 is 0. The maximum Gasteiger partial charge on any atom is 0.207 e. The molecule has 0 aliphatic heterocycles. The van der Waals surface area contributed by atoms with Crippen LogP contribution in [0, 0.1) is 5.92 Å². The van der Waals surface area contributed by atoms with Crippen LogP contribution in [0.3, 0.4) is 0 Å². The predicted molar refractivity (Wildman–Crippen MR) is 64.5 cm³/mol. The molecule has 98 valence electrons. The van der Waals surface area contributed by atoms with Gasteiger partial charge in [-0.15, -0.1) is 0 Å². The van der Waals surface area contributed by atoms with Crippen LogP contribution in [0.1, 0.15) is 45.4 Å². The molecule has 0 heterocycles. The molecule has 2 aliphatic rings. The van der Waals surface area contributed by atoms with Gasteiger partial charge in [0.25, 0.3) is 0 Å². The number of hydrogen-bond donors (Lipinski definition) is 2. The van der Waals surface area contributed by atoms with Crippen LogP contribution in [-0.4, -0.2) is 35.9 Å². The van der Waals surface area contributed by atoms with Crippen molar-refractivity contribution in [1.82, 2.24) is 5.32 Å². The van der Waals surface area contributed by atoms with Gasteiger partial charge in [0.05, 0.1) is 18.3 Å². The standard InChI is InChI=1S/C13H23NO3/c1-13(16,10-2-3-10)8-17-12-6-4-11(5-7-12)14-9-15/h9-12,16H,2-8H2,1H3,(H,14,15). The third kappa shape index (κ3) is 3.68. The van der Waals surface area contributed by atoms with Gasteiger partial charge in [0.2, 0.25) is 6.41 Å². The molecule has 2 aliphatic carbocycles. The smallest absolute Gasteiger partial charge is 0.207 e. The first-order valence-corrected chi connectivity index (χ1v) is 6.65. The third-order valence-corrected chi connectivity index (χ3v) is 4.05. The van der Waals surface area contributed by atoms with Crippen LogP contribution in [0.5, 0.6) is 0 Å². The molecular formula is C13H23NO3. The molecule has 4 heteroatoms. The Morgan fingerprint density at radius 1 is 1.29 bits per heavy atom. The van der Waals surface area contributed by atoms with Gasteiger partial charge in [0.15, 0.2) is 0 Å². The summed E-state index contributed by atoms with van der Waals surface area (Å²) in [5, 5.41) is 13.0. The van der Waals surface area contributed by atoms with Crippen LogP contribution in [0.25, 0.3) is 0 Å². The summed E-state index contributed by atoms with van der Waals surface area (Å²) in [6.45, 7) is 2.33. The zero-order chi connectivity index (χ0) is 12.3. The molecule has 17 heavy (non-hydrogen) atoms. The fraction of sp³-hybridized carbons (Fsp3) is 0.923. The summed E-state index contributed by atoms with van der Waals surface area (Å²) in [5.74, 6) is 0.440. The van der Waals surface area contributed by atoms with E-state index in [1.54, 1.807) is 0 Å². The number of nitrogens with one attached hydrogen (secondary N) is 1. The Labute approximate surface area is 103 Å². The average Bonchev–Trinajstić information content (AvgIpc) is 3.13. The SMILES string of the molecule is CC(O)(COC1CCC(NC=O)CC1)C1CC1. The van der Waals surface area contributed by atoms with Crippen molar-refractivity contribution in [2.24, 2.45) is 5.92 Å². The summed E-state index contributed by atoms with van der Waals surface area (Å²) in [4.78, 5) is 10.3. The quantitative estimate of drug-likeness (QED) is 0.687. The molecule has 0 aromatic rings. The second-order valence-electron chi connectivity index (χ2n) is 5.70. The summed E-state index contributed by atoms with van der Waals surface area (Å²) < 4.78 is 5.81. The molecule has 0 saturated heterocycles. The lowest BCUT2D eigenvalue weighted by atomic mass is 9.93. The predicted octanol–water partition coefficient (Wildman–Crippen LogP) is 1.22. The number of ether oxygens (including phenoxy) is 1. The van der Waals surface area contributed by atoms with Gasteiger partial charge in [-0.1, -0.05) is 0 Å². The molecule has 4 nitrogen and oxygen atoms in total. The number of aliphatic hydroxyl groups is 1. The van der Waals surface area contributed by atoms with E-state index in [1.165, 1.54) is 0 Å². The second-order valence-corrected chi connectivity index (χ2v) is 5.70. The van der Waals surface area contributed by atoms with E-state index in [0.717, 1.165) is 44.9 Å². The normalized spacial score (nSPS) is 32.8. The van der Waals surface area contributed by atoms with Crippen molar-refractivity contribution < 1.29 is 14.6 Å². The highest BCUT2D eigenvalue weighted by Gasteiger charge is 2.40. The molecule has 1 atom stereocenters. The van der Waals surface area contributed by atoms with Crippen LogP contribution in [0.4, 0.5) is 0 Å². The van der Waals surface area contributed by atoms with Gasteiger partial charge in [-0.2, -0.15) is 0 Å². The summed E-state index contributed by atoms with van der Waals surface area (Å²) in [5.41, 5.74) is -0.641. The molecule has 2 rings (SSSR count). The van der Waals surface area contributed by atoms with E-state index in [9.17, 15) is 9.90 Å². The molecule has 0 aromatic carbocycles. The van der Waals surface area contributed by atoms with Crippen molar-refractivity contribution in [3.63, 3.8) is 0 Å². The van der Waals surface area contributed by atoms with Crippen molar-refractivity contribution >= 4 is 6.41 Å². The molecular weight excluding hydrogens is 218 g/mol. The highest BCUT2D eigenvalue weighted by atomic mass is 16.5. The Hall–Kier alpha value is -0.610. The zero-order valence-electron chi connectivity index (χ0n) is 10.5. The van der Waals surface area contributed by atoms with Crippen LogP contribution >= 0.6 is 0 Å². The van der Waals surface area contributed by atoms with Gasteiger partial charge < -0.3 is 15.2 Å². The van der Waals surface area contributed by atoms with Gasteiger partial charge in [-0.3, -0.25) is 4.79 Å². The molecule has 0 radical (unpaired) electrons. The van der Waals surface area contributed by atoms with Crippen molar-refractivity contribution in [3.8, 4) is 0 Å². The monoisotopic (exact) mass is 241 g/mol. The van der Waals surface area contributed by atoms with E-state index in [1.807, 2.05) is 6.92 Å². The number of hydrogen-bond acceptors (Lipinski definition) is 3. The fourth-order valence-corrected chi connectivity index (χ4v) is 2.60. The van der Waals surface area contributed by atoms with E-state index in [0.29, 0.717) is 18.6 Å². The minimum Gasteiger partial charge on any atom is -0.387 e. The lowest BCUT2D eigenvalue weighted by Crippen LogP contribution is -2.38. The van der Waals surface area contributed by atoms with Crippen molar-refractivity contribution in [2.45, 2.75) is 63.2 Å². The van der Waals surface area contributed by atoms with Gasteiger partial charge in [-0.25, -0.2) is 0 Å². The molecule has 1 unspecified atom stereocenters. The van der Waals surface area contributed by atoms with Gasteiger partial charge in [0.1, 0.15) is 0 Å². The van der Waals surface area contributed by atoms with E-state index in [4.69, 9.17) is 4.74 Å². The summed E-state index contributed by atoms with van der Waals surface area (Å²) in [6.07, 6.45) is 7.22. The van der Waals surface area contributed by atoms with E-state index < -0.39 is 5.60 Å². The average molecular weight is 241 g/mol. The number of carbonyl (C=O) groups excluding carboxylic acids is 1. The van der Waals surface area contributed by atoms with E-state index in [-0.39, 0.29) is 6.10 Å².